The molecule has 2 aliphatic rings. The topological polar surface area (TPSA) is 21.5 Å². The van der Waals surface area contributed by atoms with Gasteiger partial charge in [-0.15, -0.1) is 11.3 Å². The molecule has 0 N–H and O–H groups in total. The van der Waals surface area contributed by atoms with Crippen LogP contribution in [0, 0.1) is 0 Å². The van der Waals surface area contributed by atoms with Gasteiger partial charge in [0.05, 0.1) is 16.6 Å². The number of nitrogens with zero attached hydrogens (tertiary/aromatic N) is 1. The maximum Gasteiger partial charge on any atom is 0.505 e. The van der Waals surface area contributed by atoms with Crippen LogP contribution in [0.25, 0.3) is 6.08 Å². The maximum absolute atomic E-state index is 6.18. The first-order valence-corrected chi connectivity index (χ1v) is 10.7. The Kier molecular flexibility index (Phi) is 4.49. The number of thiophene rings is 1. The summed E-state index contributed by atoms with van der Waals surface area (Å²) in [5.41, 5.74) is 3.34. The van der Waals surface area contributed by atoms with Gasteiger partial charge in [-0.2, -0.15) is 4.58 Å². The number of rotatable bonds is 3. The van der Waals surface area contributed by atoms with Gasteiger partial charge in [0.15, 0.2) is 5.71 Å². The fourth-order valence-corrected chi connectivity index (χ4v) is 4.88. The molecule has 0 radical (unpaired) electrons. The molecule has 4 rings (SSSR count). The molecule has 28 heavy (non-hydrogen) atoms. The van der Waals surface area contributed by atoms with E-state index in [0.717, 1.165) is 4.78 Å². The van der Waals surface area contributed by atoms with Gasteiger partial charge >= 0.3 is 7.12 Å². The first kappa shape index (κ1) is 19.6. The molecule has 0 atom stereocenters. The lowest BCUT2D eigenvalue weighted by Gasteiger charge is -2.32. The van der Waals surface area contributed by atoms with E-state index in [2.05, 4.69) is 102 Å². The number of allylic oxidation sites excluding steroid dienone is 1. The summed E-state index contributed by atoms with van der Waals surface area (Å²) in [6.45, 7) is 12.9. The number of benzene rings is 1. The maximum atomic E-state index is 6.18. The van der Waals surface area contributed by atoms with Crippen LogP contribution in [-0.2, 0) is 14.7 Å². The van der Waals surface area contributed by atoms with Crippen molar-refractivity contribution in [2.45, 2.75) is 58.2 Å². The van der Waals surface area contributed by atoms with E-state index in [-0.39, 0.29) is 23.7 Å². The minimum atomic E-state index is -0.310. The molecular formula is C23H29BNO2S+. The number of fused-ring (bicyclic) bond motifs is 1. The van der Waals surface area contributed by atoms with Crippen LogP contribution in [0.5, 0.6) is 0 Å². The fourth-order valence-electron chi connectivity index (χ4n) is 4.01. The van der Waals surface area contributed by atoms with Crippen molar-refractivity contribution < 1.29 is 13.9 Å². The SMILES string of the molecule is C[N+]1=C(/C=C/c2ccc(B3OC(C)(C)C(C)(C)O3)s2)C(C)(C)c2ccccc21. The summed E-state index contributed by atoms with van der Waals surface area (Å²) in [6.07, 6.45) is 4.46. The molecule has 1 fully saturated rings. The van der Waals surface area contributed by atoms with Crippen molar-refractivity contribution in [3.05, 3.63) is 52.9 Å². The van der Waals surface area contributed by atoms with Gasteiger partial charge < -0.3 is 9.31 Å². The third kappa shape index (κ3) is 3.01. The van der Waals surface area contributed by atoms with Gasteiger partial charge in [0.1, 0.15) is 7.05 Å². The Balaban J connectivity index is 1.57. The Hall–Kier alpha value is -1.69. The van der Waals surface area contributed by atoms with Crippen molar-refractivity contribution in [1.82, 2.24) is 0 Å². The second-order valence-electron chi connectivity index (χ2n) is 9.25. The first-order chi connectivity index (χ1) is 13.0. The summed E-state index contributed by atoms with van der Waals surface area (Å²) in [5, 5.41) is 0. The highest BCUT2D eigenvalue weighted by molar-refractivity contribution is 7.23. The second kappa shape index (κ2) is 6.41. The van der Waals surface area contributed by atoms with Crippen molar-refractivity contribution in [2.75, 3.05) is 7.05 Å². The molecule has 146 valence electrons. The molecule has 5 heteroatoms. The molecule has 2 aromatic rings. The third-order valence-electron chi connectivity index (χ3n) is 6.48. The number of hydrogen-bond donors (Lipinski definition) is 0. The molecule has 1 saturated heterocycles. The molecule has 3 heterocycles. The first-order valence-electron chi connectivity index (χ1n) is 9.87. The van der Waals surface area contributed by atoms with Crippen LogP contribution in [0.1, 0.15) is 52.0 Å². The molecule has 0 unspecified atom stereocenters. The lowest BCUT2D eigenvalue weighted by Crippen LogP contribution is -2.41. The van der Waals surface area contributed by atoms with E-state index < -0.39 is 0 Å². The Labute approximate surface area is 172 Å². The molecule has 1 aromatic heterocycles. The van der Waals surface area contributed by atoms with E-state index in [1.54, 1.807) is 11.3 Å². The summed E-state index contributed by atoms with van der Waals surface area (Å²) in [4.78, 5) is 1.21. The quantitative estimate of drug-likeness (QED) is 0.553. The Morgan fingerprint density at radius 3 is 2.18 bits per heavy atom. The van der Waals surface area contributed by atoms with Gasteiger partial charge in [-0.05, 0) is 53.7 Å². The summed E-state index contributed by atoms with van der Waals surface area (Å²) in [7, 11) is 1.86. The zero-order valence-electron chi connectivity index (χ0n) is 17.9. The highest BCUT2D eigenvalue weighted by atomic mass is 32.1. The zero-order valence-corrected chi connectivity index (χ0v) is 18.7. The van der Waals surface area contributed by atoms with Gasteiger partial charge in [-0.25, -0.2) is 0 Å². The number of para-hydroxylation sites is 1. The Morgan fingerprint density at radius 1 is 0.893 bits per heavy atom. The van der Waals surface area contributed by atoms with Gasteiger partial charge in [0.2, 0.25) is 5.69 Å². The molecule has 0 bridgehead atoms. The minimum absolute atomic E-state index is 0.00629. The van der Waals surface area contributed by atoms with Crippen LogP contribution < -0.4 is 4.78 Å². The van der Waals surface area contributed by atoms with E-state index in [1.807, 2.05) is 0 Å². The highest BCUT2D eigenvalue weighted by Crippen LogP contribution is 2.39. The Morgan fingerprint density at radius 2 is 1.54 bits per heavy atom. The third-order valence-corrected chi connectivity index (χ3v) is 7.55. The monoisotopic (exact) mass is 394 g/mol. The molecule has 0 amide bonds. The van der Waals surface area contributed by atoms with Crippen molar-refractivity contribution in [3.8, 4) is 0 Å². The minimum Gasteiger partial charge on any atom is -0.399 e. The lowest BCUT2D eigenvalue weighted by atomic mass is 9.81. The zero-order chi connectivity index (χ0) is 20.3. The molecule has 1 aromatic carbocycles. The smallest absolute Gasteiger partial charge is 0.399 e. The lowest BCUT2D eigenvalue weighted by molar-refractivity contribution is -0.401. The van der Waals surface area contributed by atoms with Crippen LogP contribution in [-0.4, -0.2) is 35.7 Å². The van der Waals surface area contributed by atoms with E-state index in [9.17, 15) is 0 Å². The predicted octanol–water partition coefficient (Wildman–Crippen LogP) is 4.77. The van der Waals surface area contributed by atoms with Gasteiger partial charge in [-0.3, -0.25) is 0 Å². The summed E-state index contributed by atoms with van der Waals surface area (Å²) < 4.78 is 15.8. The van der Waals surface area contributed by atoms with Crippen LogP contribution in [0.15, 0.2) is 42.5 Å². The van der Waals surface area contributed by atoms with E-state index in [4.69, 9.17) is 9.31 Å². The Bertz CT molecular complexity index is 968. The van der Waals surface area contributed by atoms with Crippen molar-refractivity contribution >= 4 is 40.7 Å². The largest absolute Gasteiger partial charge is 0.505 e. The average molecular weight is 394 g/mol. The van der Waals surface area contributed by atoms with Crippen LogP contribution >= 0.6 is 11.3 Å². The summed E-state index contributed by atoms with van der Waals surface area (Å²) in [5.74, 6) is 0. The van der Waals surface area contributed by atoms with Crippen LogP contribution in [0.4, 0.5) is 5.69 Å². The highest BCUT2D eigenvalue weighted by Gasteiger charge is 2.52. The molecule has 3 nitrogen and oxygen atoms in total. The molecule has 0 saturated carbocycles. The average Bonchev–Trinajstić information content (AvgIpc) is 3.22. The van der Waals surface area contributed by atoms with Gasteiger partial charge in [0.25, 0.3) is 0 Å². The normalized spacial score (nSPS) is 22.3. The van der Waals surface area contributed by atoms with Crippen molar-refractivity contribution in [1.29, 1.82) is 0 Å². The van der Waals surface area contributed by atoms with E-state index >= 15 is 0 Å². The van der Waals surface area contributed by atoms with Gasteiger partial charge in [-0.1, -0.05) is 24.3 Å². The van der Waals surface area contributed by atoms with E-state index in [0.29, 0.717) is 0 Å². The van der Waals surface area contributed by atoms with E-state index in [1.165, 1.54) is 21.8 Å². The van der Waals surface area contributed by atoms with Crippen molar-refractivity contribution in [2.24, 2.45) is 0 Å². The molecule has 2 aliphatic heterocycles. The molecular weight excluding hydrogens is 365 g/mol. The number of hydrogen-bond acceptors (Lipinski definition) is 3. The summed E-state index contributed by atoms with van der Waals surface area (Å²) >= 11 is 1.73. The molecule has 0 spiro atoms. The van der Waals surface area contributed by atoms with Crippen molar-refractivity contribution in [3.63, 3.8) is 0 Å². The van der Waals surface area contributed by atoms with Crippen LogP contribution in [0.2, 0.25) is 0 Å². The second-order valence-corrected chi connectivity index (χ2v) is 10.4. The fraction of sp³-hybridized carbons (Fsp3) is 0.435. The predicted molar refractivity (Wildman–Crippen MR) is 119 cm³/mol. The molecule has 0 aliphatic carbocycles. The van der Waals surface area contributed by atoms with Crippen LogP contribution in [0.3, 0.4) is 0 Å². The van der Waals surface area contributed by atoms with Gasteiger partial charge in [0, 0.05) is 27.4 Å². The standard InChI is InChI=1S/C23H29BNO2S/c1-21(2)17-10-8-9-11-18(17)25(7)19(21)14-12-16-13-15-20(28-16)24-26-22(3,4)23(5,6)27-24/h8-15H,1-7H3/q+1/b14-12+. The summed E-state index contributed by atoms with van der Waals surface area (Å²) in [6, 6.07) is 12.9.